The van der Waals surface area contributed by atoms with Gasteiger partial charge in [0.1, 0.15) is 5.00 Å². The van der Waals surface area contributed by atoms with Gasteiger partial charge in [-0.2, -0.15) is 0 Å². The Morgan fingerprint density at radius 2 is 1.82 bits per heavy atom. The summed E-state index contributed by atoms with van der Waals surface area (Å²) in [5.41, 5.74) is 9.21. The Balaban J connectivity index is 1.87. The molecule has 0 spiro atoms. The van der Waals surface area contributed by atoms with Crippen LogP contribution in [0.5, 0.6) is 0 Å². The standard InChI is InChI=1S/C23H30N2O2S/c1-13(2)14-6-8-15(9-7-14)21(27)25-22-19(20(24)26)17-11-10-16(23(3,4)5)12-18(17)28-22/h6-9,13,16H,10-12H2,1-5H3,(H2,24,26)(H,25,27)/t16-/m0/s1. The number of fused-ring (bicyclic) bond motifs is 1. The second kappa shape index (κ2) is 7.70. The molecule has 0 saturated carbocycles. The maximum Gasteiger partial charge on any atom is 0.256 e. The van der Waals surface area contributed by atoms with Gasteiger partial charge in [-0.1, -0.05) is 46.8 Å². The van der Waals surface area contributed by atoms with Gasteiger partial charge in [0.15, 0.2) is 0 Å². The van der Waals surface area contributed by atoms with Crippen molar-refractivity contribution < 1.29 is 9.59 Å². The highest BCUT2D eigenvalue weighted by atomic mass is 32.1. The summed E-state index contributed by atoms with van der Waals surface area (Å²) in [4.78, 5) is 26.1. The van der Waals surface area contributed by atoms with E-state index in [-0.39, 0.29) is 11.3 Å². The number of amides is 2. The van der Waals surface area contributed by atoms with Gasteiger partial charge in [-0.05, 0) is 59.8 Å². The predicted octanol–water partition coefficient (Wildman–Crippen LogP) is 5.37. The quantitative estimate of drug-likeness (QED) is 0.726. The van der Waals surface area contributed by atoms with E-state index in [0.29, 0.717) is 28.0 Å². The summed E-state index contributed by atoms with van der Waals surface area (Å²) in [6.45, 7) is 11.0. The van der Waals surface area contributed by atoms with E-state index in [1.54, 1.807) is 0 Å². The van der Waals surface area contributed by atoms with Crippen molar-refractivity contribution in [1.82, 2.24) is 0 Å². The van der Waals surface area contributed by atoms with Crippen molar-refractivity contribution >= 4 is 28.2 Å². The SMILES string of the molecule is CC(C)c1ccc(C(=O)Nc2sc3c(c2C(N)=O)CC[C@H](C(C)(C)C)C3)cc1. The number of rotatable bonds is 4. The lowest BCUT2D eigenvalue weighted by atomic mass is 9.72. The van der Waals surface area contributed by atoms with E-state index < -0.39 is 5.91 Å². The van der Waals surface area contributed by atoms with Crippen LogP contribution in [-0.4, -0.2) is 11.8 Å². The van der Waals surface area contributed by atoms with Crippen LogP contribution in [-0.2, 0) is 12.8 Å². The van der Waals surface area contributed by atoms with E-state index in [1.165, 1.54) is 21.8 Å². The van der Waals surface area contributed by atoms with Gasteiger partial charge in [-0.25, -0.2) is 0 Å². The van der Waals surface area contributed by atoms with Crippen LogP contribution < -0.4 is 11.1 Å². The van der Waals surface area contributed by atoms with Crippen molar-refractivity contribution in [2.24, 2.45) is 17.1 Å². The lowest BCUT2D eigenvalue weighted by Gasteiger charge is -2.33. The molecule has 2 amide bonds. The number of nitrogens with two attached hydrogens (primary N) is 1. The third kappa shape index (κ3) is 4.14. The van der Waals surface area contributed by atoms with E-state index in [9.17, 15) is 9.59 Å². The molecule has 0 bridgehead atoms. The number of carbonyl (C=O) groups is 2. The number of hydrogen-bond donors (Lipinski definition) is 2. The first-order chi connectivity index (χ1) is 13.1. The fraction of sp³-hybridized carbons (Fsp3) is 0.478. The van der Waals surface area contributed by atoms with Crippen LogP contribution in [0.3, 0.4) is 0 Å². The van der Waals surface area contributed by atoms with Crippen LogP contribution in [0.2, 0.25) is 0 Å². The number of nitrogens with one attached hydrogen (secondary N) is 1. The maximum atomic E-state index is 12.7. The number of primary amides is 1. The molecule has 3 N–H and O–H groups in total. The van der Waals surface area contributed by atoms with Crippen molar-refractivity contribution in [2.75, 3.05) is 5.32 Å². The maximum absolute atomic E-state index is 12.7. The minimum atomic E-state index is -0.461. The second-order valence-electron chi connectivity index (χ2n) is 9.11. The topological polar surface area (TPSA) is 72.2 Å². The van der Waals surface area contributed by atoms with Crippen molar-refractivity contribution in [2.45, 2.75) is 59.8 Å². The molecule has 28 heavy (non-hydrogen) atoms. The molecular formula is C23H30N2O2S. The molecule has 1 heterocycles. The highest BCUT2D eigenvalue weighted by Crippen LogP contribution is 2.44. The van der Waals surface area contributed by atoms with Gasteiger partial charge < -0.3 is 11.1 Å². The Bertz CT molecular complexity index is 889. The van der Waals surface area contributed by atoms with Gasteiger partial charge in [0.05, 0.1) is 5.56 Å². The van der Waals surface area contributed by atoms with Crippen LogP contribution in [0.25, 0.3) is 0 Å². The van der Waals surface area contributed by atoms with Crippen LogP contribution in [0.1, 0.15) is 83.7 Å². The molecule has 1 aliphatic rings. The first-order valence-electron chi connectivity index (χ1n) is 9.93. The second-order valence-corrected chi connectivity index (χ2v) is 10.2. The van der Waals surface area contributed by atoms with E-state index in [4.69, 9.17) is 5.73 Å². The van der Waals surface area contributed by atoms with E-state index in [0.717, 1.165) is 24.8 Å². The molecule has 0 saturated heterocycles. The van der Waals surface area contributed by atoms with Crippen molar-refractivity contribution in [3.8, 4) is 0 Å². The molecule has 3 rings (SSSR count). The number of benzene rings is 1. The van der Waals surface area contributed by atoms with E-state index in [1.807, 2.05) is 24.3 Å². The molecule has 0 radical (unpaired) electrons. The normalized spacial score (nSPS) is 16.7. The minimum Gasteiger partial charge on any atom is -0.365 e. The van der Waals surface area contributed by atoms with Gasteiger partial charge in [0, 0.05) is 10.4 Å². The van der Waals surface area contributed by atoms with E-state index in [2.05, 4.69) is 39.9 Å². The highest BCUT2D eigenvalue weighted by molar-refractivity contribution is 7.17. The molecule has 2 aromatic rings. The zero-order chi connectivity index (χ0) is 20.6. The van der Waals surface area contributed by atoms with Crippen molar-refractivity contribution in [1.29, 1.82) is 0 Å². The Morgan fingerprint density at radius 3 is 2.36 bits per heavy atom. The smallest absolute Gasteiger partial charge is 0.256 e. The van der Waals surface area contributed by atoms with Crippen LogP contribution in [0, 0.1) is 11.3 Å². The van der Waals surface area contributed by atoms with Gasteiger partial charge in [0.25, 0.3) is 11.8 Å². The minimum absolute atomic E-state index is 0.205. The molecule has 1 atom stereocenters. The zero-order valence-corrected chi connectivity index (χ0v) is 18.2. The molecule has 1 aromatic heterocycles. The largest absolute Gasteiger partial charge is 0.365 e. The molecule has 150 valence electrons. The average molecular weight is 399 g/mol. The van der Waals surface area contributed by atoms with Crippen LogP contribution >= 0.6 is 11.3 Å². The molecule has 4 nitrogen and oxygen atoms in total. The van der Waals surface area contributed by atoms with Gasteiger partial charge in [0.2, 0.25) is 0 Å². The zero-order valence-electron chi connectivity index (χ0n) is 17.4. The van der Waals surface area contributed by atoms with Crippen molar-refractivity contribution in [3.63, 3.8) is 0 Å². The fourth-order valence-electron chi connectivity index (χ4n) is 3.87. The van der Waals surface area contributed by atoms with E-state index >= 15 is 0 Å². The summed E-state index contributed by atoms with van der Waals surface area (Å²) in [5.74, 6) is 0.311. The number of hydrogen-bond acceptors (Lipinski definition) is 3. The molecule has 1 aromatic carbocycles. The first kappa shape index (κ1) is 20.6. The Morgan fingerprint density at radius 1 is 1.18 bits per heavy atom. The summed E-state index contributed by atoms with van der Waals surface area (Å²) in [5, 5.41) is 3.53. The van der Waals surface area contributed by atoms with Crippen LogP contribution in [0.4, 0.5) is 5.00 Å². The summed E-state index contributed by atoms with van der Waals surface area (Å²) in [7, 11) is 0. The molecule has 0 fully saturated rings. The monoisotopic (exact) mass is 398 g/mol. The van der Waals surface area contributed by atoms with Gasteiger partial charge in [-0.15, -0.1) is 11.3 Å². The van der Waals surface area contributed by atoms with Gasteiger partial charge in [-0.3, -0.25) is 9.59 Å². The molecule has 5 heteroatoms. The predicted molar refractivity (Wildman–Crippen MR) is 116 cm³/mol. The molecule has 0 aliphatic heterocycles. The number of anilines is 1. The Hall–Kier alpha value is -2.14. The Labute approximate surface area is 171 Å². The third-order valence-corrected chi connectivity index (χ3v) is 6.97. The average Bonchev–Trinajstić information content (AvgIpc) is 2.98. The lowest BCUT2D eigenvalue weighted by Crippen LogP contribution is -2.27. The Kier molecular flexibility index (Phi) is 5.67. The summed E-state index contributed by atoms with van der Waals surface area (Å²) >= 11 is 1.51. The van der Waals surface area contributed by atoms with Crippen molar-refractivity contribution in [3.05, 3.63) is 51.4 Å². The summed E-state index contributed by atoms with van der Waals surface area (Å²) < 4.78 is 0. The number of carbonyl (C=O) groups excluding carboxylic acids is 2. The molecular weight excluding hydrogens is 368 g/mol. The highest BCUT2D eigenvalue weighted by Gasteiger charge is 2.33. The molecule has 1 aliphatic carbocycles. The fourth-order valence-corrected chi connectivity index (χ4v) is 5.20. The third-order valence-electron chi connectivity index (χ3n) is 5.80. The molecule has 0 unspecified atom stereocenters. The van der Waals surface area contributed by atoms with Crippen LogP contribution in [0.15, 0.2) is 24.3 Å². The van der Waals surface area contributed by atoms with Gasteiger partial charge >= 0.3 is 0 Å². The summed E-state index contributed by atoms with van der Waals surface area (Å²) in [6.07, 6.45) is 2.81. The first-order valence-corrected chi connectivity index (χ1v) is 10.7. The lowest BCUT2D eigenvalue weighted by molar-refractivity contribution is 0.1000. The number of thiophene rings is 1. The summed E-state index contributed by atoms with van der Waals surface area (Å²) in [6, 6.07) is 7.61.